The number of nitrogens with zero attached hydrogens (tertiary/aromatic N) is 1. The molecule has 92 valence electrons. The zero-order valence-electron chi connectivity index (χ0n) is 9.34. The van der Waals surface area contributed by atoms with Crippen LogP contribution in [0.15, 0.2) is 30.3 Å². The summed E-state index contributed by atoms with van der Waals surface area (Å²) < 4.78 is 11.2. The highest BCUT2D eigenvalue weighted by Crippen LogP contribution is 2.23. The van der Waals surface area contributed by atoms with Crippen molar-refractivity contribution in [1.82, 2.24) is 4.90 Å². The van der Waals surface area contributed by atoms with Crippen molar-refractivity contribution >= 4 is 28.3 Å². The van der Waals surface area contributed by atoms with Gasteiger partial charge in [-0.25, -0.2) is 0 Å². The second kappa shape index (κ2) is 5.65. The van der Waals surface area contributed by atoms with Crippen molar-refractivity contribution in [3.05, 3.63) is 35.9 Å². The largest absolute Gasteiger partial charge is 0.339 e. The molecule has 1 aromatic rings. The Bertz CT molecular complexity index is 414. The lowest BCUT2D eigenvalue weighted by Crippen LogP contribution is -2.43. The number of carbonyl (C=O) groups is 1. The molecule has 17 heavy (non-hydrogen) atoms. The lowest BCUT2D eigenvalue weighted by molar-refractivity contribution is -0.130. The normalized spacial score (nSPS) is 19.0. The zero-order chi connectivity index (χ0) is 12.3. The van der Waals surface area contributed by atoms with Gasteiger partial charge in [-0.15, -0.1) is 11.6 Å². The SMILES string of the molecule is O=C(C(Cl)c1ccccc1)N1CCS(=O)CC1. The minimum Gasteiger partial charge on any atom is -0.339 e. The van der Waals surface area contributed by atoms with Crippen molar-refractivity contribution < 1.29 is 9.00 Å². The smallest absolute Gasteiger partial charge is 0.245 e. The van der Waals surface area contributed by atoms with Crippen LogP contribution < -0.4 is 0 Å². The minimum atomic E-state index is -0.772. The van der Waals surface area contributed by atoms with E-state index in [-0.39, 0.29) is 5.91 Å². The Kier molecular flexibility index (Phi) is 4.18. The lowest BCUT2D eigenvalue weighted by atomic mass is 10.1. The Morgan fingerprint density at radius 2 is 1.82 bits per heavy atom. The molecule has 3 nitrogen and oxygen atoms in total. The lowest BCUT2D eigenvalue weighted by Gasteiger charge is -2.28. The molecule has 5 heteroatoms. The van der Waals surface area contributed by atoms with Crippen LogP contribution in [0, 0.1) is 0 Å². The van der Waals surface area contributed by atoms with Gasteiger partial charge in [0.1, 0.15) is 5.38 Å². The fourth-order valence-corrected chi connectivity index (χ4v) is 3.12. The van der Waals surface area contributed by atoms with Gasteiger partial charge in [0.2, 0.25) is 5.91 Å². The van der Waals surface area contributed by atoms with Crippen molar-refractivity contribution in [2.75, 3.05) is 24.6 Å². The van der Waals surface area contributed by atoms with Gasteiger partial charge in [-0.3, -0.25) is 9.00 Å². The molecule has 2 rings (SSSR count). The highest BCUT2D eigenvalue weighted by molar-refractivity contribution is 7.85. The Labute approximate surface area is 108 Å². The molecule has 0 saturated carbocycles. The van der Waals surface area contributed by atoms with Gasteiger partial charge < -0.3 is 4.90 Å². The van der Waals surface area contributed by atoms with E-state index < -0.39 is 16.2 Å². The molecule has 0 aromatic heterocycles. The summed E-state index contributed by atoms with van der Waals surface area (Å²) in [7, 11) is -0.772. The van der Waals surface area contributed by atoms with Gasteiger partial charge in [-0.1, -0.05) is 30.3 Å². The Balaban J connectivity index is 2.03. The van der Waals surface area contributed by atoms with Gasteiger partial charge in [0, 0.05) is 35.4 Å². The van der Waals surface area contributed by atoms with E-state index in [1.165, 1.54) is 0 Å². The third kappa shape index (κ3) is 3.07. The summed E-state index contributed by atoms with van der Waals surface area (Å²) in [6.07, 6.45) is 0. The second-order valence-electron chi connectivity index (χ2n) is 3.95. The van der Waals surface area contributed by atoms with E-state index in [4.69, 9.17) is 11.6 Å². The van der Waals surface area contributed by atoms with Crippen molar-refractivity contribution in [1.29, 1.82) is 0 Å². The molecule has 0 spiro atoms. The summed E-state index contributed by atoms with van der Waals surface area (Å²) in [4.78, 5) is 13.8. The molecule has 0 bridgehead atoms. The standard InChI is InChI=1S/C12H14ClNO2S/c13-11(10-4-2-1-3-5-10)12(15)14-6-8-17(16)9-7-14/h1-5,11H,6-9H2. The maximum atomic E-state index is 12.1. The molecule has 0 aliphatic carbocycles. The van der Waals surface area contributed by atoms with Gasteiger partial charge in [-0.05, 0) is 5.56 Å². The number of amides is 1. The summed E-state index contributed by atoms with van der Waals surface area (Å²) in [6.45, 7) is 1.09. The number of alkyl halides is 1. The van der Waals surface area contributed by atoms with Crippen molar-refractivity contribution in [3.63, 3.8) is 0 Å². The van der Waals surface area contributed by atoms with Crippen molar-refractivity contribution in [2.24, 2.45) is 0 Å². The number of rotatable bonds is 2. The van der Waals surface area contributed by atoms with Crippen LogP contribution in [0.5, 0.6) is 0 Å². The van der Waals surface area contributed by atoms with Gasteiger partial charge in [0.15, 0.2) is 0 Å². The molecule has 1 fully saturated rings. The van der Waals surface area contributed by atoms with E-state index in [1.54, 1.807) is 4.90 Å². The monoisotopic (exact) mass is 271 g/mol. The predicted octanol–water partition coefficient (Wildman–Crippen LogP) is 1.56. The van der Waals surface area contributed by atoms with Crippen LogP contribution in [0.25, 0.3) is 0 Å². The van der Waals surface area contributed by atoms with Gasteiger partial charge >= 0.3 is 0 Å². The van der Waals surface area contributed by atoms with Crippen molar-refractivity contribution in [2.45, 2.75) is 5.38 Å². The first kappa shape index (κ1) is 12.6. The van der Waals surface area contributed by atoms with E-state index in [2.05, 4.69) is 0 Å². The Hall–Kier alpha value is -0.870. The average molecular weight is 272 g/mol. The van der Waals surface area contributed by atoms with E-state index in [1.807, 2.05) is 30.3 Å². The van der Waals surface area contributed by atoms with E-state index >= 15 is 0 Å². The van der Waals surface area contributed by atoms with Crippen LogP contribution in [0.2, 0.25) is 0 Å². The van der Waals surface area contributed by atoms with Gasteiger partial charge in [-0.2, -0.15) is 0 Å². The Morgan fingerprint density at radius 3 is 2.41 bits per heavy atom. The fraction of sp³-hybridized carbons (Fsp3) is 0.417. The van der Waals surface area contributed by atoms with Crippen LogP contribution in [0.3, 0.4) is 0 Å². The number of hydrogen-bond donors (Lipinski definition) is 0. The zero-order valence-corrected chi connectivity index (χ0v) is 10.9. The molecule has 1 atom stereocenters. The van der Waals surface area contributed by atoms with Crippen LogP contribution in [-0.2, 0) is 15.6 Å². The molecular formula is C12H14ClNO2S. The van der Waals surface area contributed by atoms with E-state index in [9.17, 15) is 9.00 Å². The van der Waals surface area contributed by atoms with E-state index in [0.717, 1.165) is 5.56 Å². The molecular weight excluding hydrogens is 258 g/mol. The molecule has 1 heterocycles. The number of hydrogen-bond acceptors (Lipinski definition) is 2. The molecule has 1 saturated heterocycles. The molecule has 1 amide bonds. The first-order valence-corrected chi connectivity index (χ1v) is 7.43. The summed E-state index contributed by atoms with van der Waals surface area (Å²) in [6, 6.07) is 9.31. The van der Waals surface area contributed by atoms with Crippen LogP contribution in [0.1, 0.15) is 10.9 Å². The topological polar surface area (TPSA) is 37.4 Å². The highest BCUT2D eigenvalue weighted by Gasteiger charge is 2.26. The molecule has 0 radical (unpaired) electrons. The summed E-state index contributed by atoms with van der Waals surface area (Å²) in [5, 5.41) is -0.636. The first-order chi connectivity index (χ1) is 8.18. The summed E-state index contributed by atoms with van der Waals surface area (Å²) >= 11 is 6.16. The van der Waals surface area contributed by atoms with Gasteiger partial charge in [0.25, 0.3) is 0 Å². The van der Waals surface area contributed by atoms with E-state index in [0.29, 0.717) is 24.6 Å². The third-order valence-electron chi connectivity index (χ3n) is 2.80. The molecule has 1 unspecified atom stereocenters. The molecule has 0 N–H and O–H groups in total. The second-order valence-corrected chi connectivity index (χ2v) is 6.08. The maximum Gasteiger partial charge on any atom is 0.245 e. The molecule has 1 aliphatic heterocycles. The molecule has 1 aliphatic rings. The highest BCUT2D eigenvalue weighted by atomic mass is 35.5. The number of benzene rings is 1. The molecule has 1 aromatic carbocycles. The number of carbonyl (C=O) groups excluding carboxylic acids is 1. The first-order valence-electron chi connectivity index (χ1n) is 5.51. The van der Waals surface area contributed by atoms with Crippen LogP contribution in [-0.4, -0.2) is 39.6 Å². The fourth-order valence-electron chi connectivity index (χ4n) is 1.78. The average Bonchev–Trinajstić information content (AvgIpc) is 2.39. The quantitative estimate of drug-likeness (QED) is 0.766. The van der Waals surface area contributed by atoms with Gasteiger partial charge in [0.05, 0.1) is 0 Å². The van der Waals surface area contributed by atoms with Crippen LogP contribution >= 0.6 is 11.6 Å². The summed E-state index contributed by atoms with van der Waals surface area (Å²) in [5.74, 6) is 1.03. The Morgan fingerprint density at radius 1 is 1.24 bits per heavy atom. The predicted molar refractivity (Wildman–Crippen MR) is 69.5 cm³/mol. The maximum absolute atomic E-state index is 12.1. The minimum absolute atomic E-state index is 0.0884. The van der Waals surface area contributed by atoms with Crippen molar-refractivity contribution in [3.8, 4) is 0 Å². The van der Waals surface area contributed by atoms with Crippen LogP contribution in [0.4, 0.5) is 0 Å². The summed E-state index contributed by atoms with van der Waals surface area (Å²) in [5.41, 5.74) is 0.811. The number of halogens is 1. The third-order valence-corrected chi connectivity index (χ3v) is 4.51.